The molecule has 1 saturated carbocycles. The van der Waals surface area contributed by atoms with Crippen molar-refractivity contribution < 1.29 is 10.0 Å². The topological polar surface area (TPSA) is 29.6 Å². The van der Waals surface area contributed by atoms with E-state index < -0.39 is 0 Å². The molecule has 2 N–H and O–H groups in total. The molecule has 0 radical (unpaired) electrons. The maximum atomic E-state index is 9.74. The molecule has 0 spiro atoms. The fourth-order valence-corrected chi connectivity index (χ4v) is 3.22. The van der Waals surface area contributed by atoms with Crippen molar-refractivity contribution in [2.75, 3.05) is 6.54 Å². The van der Waals surface area contributed by atoms with Gasteiger partial charge in [-0.15, -0.1) is 0 Å². The van der Waals surface area contributed by atoms with Crippen LogP contribution in [0.5, 0.6) is 0 Å². The van der Waals surface area contributed by atoms with E-state index in [4.69, 9.17) is 0 Å². The Kier molecular flexibility index (Phi) is 4.65. The zero-order chi connectivity index (χ0) is 15.5. The lowest BCUT2D eigenvalue weighted by atomic mass is 10.1. The summed E-state index contributed by atoms with van der Waals surface area (Å²) in [6.07, 6.45) is 4.56. The number of rotatable bonds is 7. The molecule has 2 atom stereocenters. The molecule has 1 aromatic heterocycles. The van der Waals surface area contributed by atoms with Crippen LogP contribution < -0.4 is 4.90 Å². The summed E-state index contributed by atoms with van der Waals surface area (Å²) in [5.74, 6) is 0. The molecule has 2 aromatic rings. The highest BCUT2D eigenvalue weighted by Gasteiger charge is 2.34. The lowest BCUT2D eigenvalue weighted by Crippen LogP contribution is -3.13. The number of benzene rings is 1. The molecule has 1 aromatic carbocycles. The second-order valence-electron chi connectivity index (χ2n) is 6.72. The van der Waals surface area contributed by atoms with Crippen molar-refractivity contribution in [3.8, 4) is 0 Å². The minimum Gasteiger partial charge on any atom is -0.388 e. The van der Waals surface area contributed by atoms with E-state index in [1.807, 2.05) is 6.92 Å². The standard InChI is InChI=1S/C19H26N2O/c1-15-6-3-4-7-17(15)13-20-11-5-8-19(20)14-21(12-16(2)22)18-9-10-18/h3-8,11,16,18,22H,9-10,12-14H2,1-2H3/p+1/t16-/m1/s1. The van der Waals surface area contributed by atoms with Crippen LogP contribution in [0, 0.1) is 6.92 Å². The highest BCUT2D eigenvalue weighted by atomic mass is 16.3. The van der Waals surface area contributed by atoms with Crippen LogP contribution in [0.3, 0.4) is 0 Å². The molecular weight excluding hydrogens is 272 g/mol. The van der Waals surface area contributed by atoms with Crippen molar-refractivity contribution in [3.63, 3.8) is 0 Å². The van der Waals surface area contributed by atoms with Crippen LogP contribution in [0.1, 0.15) is 36.6 Å². The van der Waals surface area contributed by atoms with Crippen LogP contribution in [0.4, 0.5) is 0 Å². The average molecular weight is 299 g/mol. The van der Waals surface area contributed by atoms with Gasteiger partial charge in [-0.2, -0.15) is 0 Å². The molecule has 3 nitrogen and oxygen atoms in total. The van der Waals surface area contributed by atoms with E-state index in [1.54, 1.807) is 0 Å². The highest BCUT2D eigenvalue weighted by Crippen LogP contribution is 2.16. The van der Waals surface area contributed by atoms with Gasteiger partial charge in [0.15, 0.2) is 0 Å². The van der Waals surface area contributed by atoms with Gasteiger partial charge in [0, 0.05) is 25.6 Å². The number of hydrogen-bond donors (Lipinski definition) is 2. The zero-order valence-corrected chi connectivity index (χ0v) is 13.6. The molecule has 0 aliphatic heterocycles. The second-order valence-corrected chi connectivity index (χ2v) is 6.72. The van der Waals surface area contributed by atoms with Gasteiger partial charge in [0.1, 0.15) is 19.2 Å². The molecule has 1 aliphatic rings. The lowest BCUT2D eigenvalue weighted by molar-refractivity contribution is -0.928. The minimum absolute atomic E-state index is 0.226. The number of aromatic nitrogens is 1. The molecule has 118 valence electrons. The van der Waals surface area contributed by atoms with Crippen molar-refractivity contribution in [2.45, 2.75) is 51.9 Å². The van der Waals surface area contributed by atoms with Gasteiger partial charge in [-0.3, -0.25) is 0 Å². The van der Waals surface area contributed by atoms with E-state index in [2.05, 4.69) is 54.1 Å². The number of hydrogen-bond acceptors (Lipinski definition) is 1. The Hall–Kier alpha value is -1.58. The van der Waals surface area contributed by atoms with E-state index >= 15 is 0 Å². The SMILES string of the molecule is Cc1ccccc1Cn1cccc1C[NH+](C[C@@H](C)O)C1CC1. The number of aryl methyl sites for hydroxylation is 1. The third-order valence-corrected chi connectivity index (χ3v) is 4.65. The molecule has 1 heterocycles. The van der Waals surface area contributed by atoms with E-state index in [-0.39, 0.29) is 6.10 Å². The van der Waals surface area contributed by atoms with Crippen LogP contribution >= 0.6 is 0 Å². The predicted octanol–water partition coefficient (Wildman–Crippen LogP) is 1.77. The van der Waals surface area contributed by atoms with Gasteiger partial charge < -0.3 is 14.6 Å². The van der Waals surface area contributed by atoms with Crippen molar-refractivity contribution in [3.05, 3.63) is 59.4 Å². The Morgan fingerprint density at radius 1 is 1.23 bits per heavy atom. The van der Waals surface area contributed by atoms with Gasteiger partial charge in [0.05, 0.1) is 11.7 Å². The van der Waals surface area contributed by atoms with E-state index in [1.165, 1.54) is 34.6 Å². The number of aliphatic hydroxyl groups is 1. The Bertz CT molecular complexity index is 613. The fourth-order valence-electron chi connectivity index (χ4n) is 3.22. The monoisotopic (exact) mass is 299 g/mol. The van der Waals surface area contributed by atoms with Crippen LogP contribution in [-0.4, -0.2) is 28.4 Å². The third kappa shape index (κ3) is 3.79. The summed E-state index contributed by atoms with van der Waals surface area (Å²) in [6.45, 7) is 6.86. The van der Waals surface area contributed by atoms with Crippen molar-refractivity contribution in [1.82, 2.24) is 4.57 Å². The summed E-state index contributed by atoms with van der Waals surface area (Å²) in [4.78, 5) is 1.53. The predicted molar refractivity (Wildman–Crippen MR) is 88.9 cm³/mol. The molecule has 0 saturated heterocycles. The summed E-state index contributed by atoms with van der Waals surface area (Å²) in [5.41, 5.74) is 4.09. The van der Waals surface area contributed by atoms with Crippen molar-refractivity contribution in [2.24, 2.45) is 0 Å². The molecule has 0 bridgehead atoms. The van der Waals surface area contributed by atoms with Gasteiger partial charge >= 0.3 is 0 Å². The number of nitrogens with one attached hydrogen (secondary N) is 1. The first-order valence-corrected chi connectivity index (χ1v) is 8.34. The molecule has 0 amide bonds. The smallest absolute Gasteiger partial charge is 0.118 e. The Morgan fingerprint density at radius 2 is 2.00 bits per heavy atom. The van der Waals surface area contributed by atoms with Crippen molar-refractivity contribution in [1.29, 1.82) is 0 Å². The Morgan fingerprint density at radius 3 is 2.68 bits per heavy atom. The first-order chi connectivity index (χ1) is 10.6. The molecule has 1 aliphatic carbocycles. The van der Waals surface area contributed by atoms with Gasteiger partial charge in [0.25, 0.3) is 0 Å². The normalized spacial score (nSPS) is 17.4. The Labute approximate surface area is 133 Å². The second kappa shape index (κ2) is 6.67. The molecule has 3 heteroatoms. The maximum absolute atomic E-state index is 9.74. The summed E-state index contributed by atoms with van der Waals surface area (Å²) >= 11 is 0. The fraction of sp³-hybridized carbons (Fsp3) is 0.474. The molecule has 1 unspecified atom stereocenters. The Balaban J connectivity index is 1.72. The zero-order valence-electron chi connectivity index (χ0n) is 13.6. The van der Waals surface area contributed by atoms with Crippen molar-refractivity contribution >= 4 is 0 Å². The first kappa shape index (κ1) is 15.3. The first-order valence-electron chi connectivity index (χ1n) is 8.34. The lowest BCUT2D eigenvalue weighted by Gasteiger charge is -2.21. The average Bonchev–Trinajstić information content (AvgIpc) is 3.23. The molecule has 1 fully saturated rings. The van der Waals surface area contributed by atoms with E-state index in [0.717, 1.165) is 25.7 Å². The summed E-state index contributed by atoms with van der Waals surface area (Å²) in [7, 11) is 0. The van der Waals surface area contributed by atoms with Crippen LogP contribution in [0.2, 0.25) is 0 Å². The van der Waals surface area contributed by atoms with Crippen LogP contribution in [0.25, 0.3) is 0 Å². The maximum Gasteiger partial charge on any atom is 0.118 e. The number of nitrogens with zero attached hydrogens (tertiary/aromatic N) is 1. The summed E-state index contributed by atoms with van der Waals surface area (Å²) < 4.78 is 2.35. The van der Waals surface area contributed by atoms with E-state index in [9.17, 15) is 5.11 Å². The minimum atomic E-state index is -0.226. The number of quaternary nitrogens is 1. The van der Waals surface area contributed by atoms with Gasteiger partial charge in [-0.05, 0) is 37.1 Å². The summed E-state index contributed by atoms with van der Waals surface area (Å²) in [6, 6.07) is 13.7. The summed E-state index contributed by atoms with van der Waals surface area (Å²) in [5, 5.41) is 9.74. The molecular formula is C19H27N2O+. The van der Waals surface area contributed by atoms with Gasteiger partial charge in [-0.25, -0.2) is 0 Å². The van der Waals surface area contributed by atoms with Gasteiger partial charge in [-0.1, -0.05) is 24.3 Å². The third-order valence-electron chi connectivity index (χ3n) is 4.65. The molecule has 3 rings (SSSR count). The van der Waals surface area contributed by atoms with Crippen LogP contribution in [0.15, 0.2) is 42.6 Å². The van der Waals surface area contributed by atoms with Gasteiger partial charge in [0.2, 0.25) is 0 Å². The number of aliphatic hydroxyl groups excluding tert-OH is 1. The molecule has 22 heavy (non-hydrogen) atoms. The van der Waals surface area contributed by atoms with Crippen LogP contribution in [-0.2, 0) is 13.1 Å². The van der Waals surface area contributed by atoms with E-state index in [0.29, 0.717) is 0 Å². The largest absolute Gasteiger partial charge is 0.388 e. The quantitative estimate of drug-likeness (QED) is 0.802. The highest BCUT2D eigenvalue weighted by molar-refractivity contribution is 5.26.